The van der Waals surface area contributed by atoms with Gasteiger partial charge in [-0.25, -0.2) is 5.43 Å². The molecule has 23 heavy (non-hydrogen) atoms. The van der Waals surface area contributed by atoms with Crippen molar-refractivity contribution < 1.29 is 14.5 Å². The van der Waals surface area contributed by atoms with Gasteiger partial charge < -0.3 is 4.74 Å². The normalized spacial score (nSPS) is 11.1. The number of nitro groups is 1. The lowest BCUT2D eigenvalue weighted by Gasteiger charge is -2.06. The van der Waals surface area contributed by atoms with Gasteiger partial charge in [-0.2, -0.15) is 5.10 Å². The fourth-order valence-corrected chi connectivity index (χ4v) is 2.43. The van der Waals surface area contributed by atoms with Gasteiger partial charge in [0, 0.05) is 10.9 Å². The van der Waals surface area contributed by atoms with Gasteiger partial charge in [-0.3, -0.25) is 14.9 Å². The van der Waals surface area contributed by atoms with Crippen LogP contribution in [0.3, 0.4) is 0 Å². The van der Waals surface area contributed by atoms with E-state index in [4.69, 9.17) is 4.74 Å². The number of hydrazone groups is 1. The van der Waals surface area contributed by atoms with Gasteiger partial charge in [0.2, 0.25) is 0 Å². The van der Waals surface area contributed by atoms with Crippen LogP contribution in [-0.2, 0) is 4.79 Å². The van der Waals surface area contributed by atoms with Crippen LogP contribution in [0, 0.1) is 17.0 Å². The topological polar surface area (TPSA) is 93.8 Å². The maximum absolute atomic E-state index is 11.7. The highest BCUT2D eigenvalue weighted by Gasteiger charge is 2.16. The van der Waals surface area contributed by atoms with E-state index in [1.54, 1.807) is 19.9 Å². The Morgan fingerprint density at radius 3 is 2.87 bits per heavy atom. The molecule has 0 aliphatic rings. The third-order valence-corrected chi connectivity index (χ3v) is 3.87. The molecule has 0 aliphatic carbocycles. The van der Waals surface area contributed by atoms with E-state index in [1.165, 1.54) is 23.5 Å². The molecule has 1 amide bonds. The molecule has 0 spiro atoms. The van der Waals surface area contributed by atoms with Gasteiger partial charge in [-0.1, -0.05) is 12.1 Å². The van der Waals surface area contributed by atoms with E-state index in [1.807, 2.05) is 17.5 Å². The molecule has 0 radical (unpaired) electrons. The molecule has 0 saturated heterocycles. The summed E-state index contributed by atoms with van der Waals surface area (Å²) in [6.07, 6.45) is 0. The lowest BCUT2D eigenvalue weighted by molar-refractivity contribution is -0.385. The zero-order chi connectivity index (χ0) is 16.8. The molecule has 2 aromatic rings. The second-order valence-electron chi connectivity index (χ2n) is 4.73. The highest BCUT2D eigenvalue weighted by atomic mass is 32.1. The van der Waals surface area contributed by atoms with Gasteiger partial charge in [-0.15, -0.1) is 11.3 Å². The predicted molar refractivity (Wildman–Crippen MR) is 88.0 cm³/mol. The summed E-state index contributed by atoms with van der Waals surface area (Å²) in [5, 5.41) is 16.8. The molecule has 0 bridgehead atoms. The first-order valence-corrected chi connectivity index (χ1v) is 7.60. The third-order valence-electron chi connectivity index (χ3n) is 2.90. The smallest absolute Gasteiger partial charge is 0.311 e. The van der Waals surface area contributed by atoms with E-state index >= 15 is 0 Å². The Morgan fingerprint density at radius 1 is 1.43 bits per heavy atom. The Balaban J connectivity index is 1.95. The number of amides is 1. The Labute approximate surface area is 136 Å². The monoisotopic (exact) mass is 333 g/mol. The van der Waals surface area contributed by atoms with Gasteiger partial charge in [0.05, 0.1) is 10.6 Å². The molecule has 0 unspecified atom stereocenters. The van der Waals surface area contributed by atoms with Crippen molar-refractivity contribution in [1.82, 2.24) is 5.43 Å². The quantitative estimate of drug-likeness (QED) is 0.499. The van der Waals surface area contributed by atoms with E-state index in [9.17, 15) is 14.9 Å². The number of rotatable bonds is 6. The van der Waals surface area contributed by atoms with Crippen LogP contribution in [0.15, 0.2) is 40.8 Å². The number of nitrogens with one attached hydrogen (secondary N) is 1. The number of carbonyl (C=O) groups excluding carboxylic acids is 1. The minimum absolute atomic E-state index is 0.0507. The second kappa shape index (κ2) is 7.50. The van der Waals surface area contributed by atoms with Gasteiger partial charge in [0.1, 0.15) is 0 Å². The fraction of sp³-hybridized carbons (Fsp3) is 0.200. The largest absolute Gasteiger partial charge is 0.477 e. The first kappa shape index (κ1) is 16.6. The molecule has 1 heterocycles. The van der Waals surface area contributed by atoms with Crippen LogP contribution in [0.5, 0.6) is 5.75 Å². The van der Waals surface area contributed by atoms with Crippen LogP contribution in [0.1, 0.15) is 17.4 Å². The van der Waals surface area contributed by atoms with Crippen LogP contribution < -0.4 is 10.2 Å². The summed E-state index contributed by atoms with van der Waals surface area (Å²) in [7, 11) is 0. The zero-order valence-corrected chi connectivity index (χ0v) is 13.4. The molecular formula is C15H15N3O4S. The SMILES string of the molecule is C/C(=N\NC(=O)COc1ccc(C)cc1[N+](=O)[O-])c1cccs1. The van der Waals surface area contributed by atoms with Crippen LogP contribution in [-0.4, -0.2) is 23.1 Å². The van der Waals surface area contributed by atoms with Crippen molar-refractivity contribution in [3.8, 4) is 5.75 Å². The van der Waals surface area contributed by atoms with Crippen molar-refractivity contribution in [3.63, 3.8) is 0 Å². The van der Waals surface area contributed by atoms with E-state index in [0.717, 1.165) is 10.4 Å². The first-order valence-electron chi connectivity index (χ1n) is 6.72. The molecule has 8 heteroatoms. The first-order chi connectivity index (χ1) is 11.0. The van der Waals surface area contributed by atoms with E-state index in [0.29, 0.717) is 5.71 Å². The molecule has 0 fully saturated rings. The molecule has 7 nitrogen and oxygen atoms in total. The van der Waals surface area contributed by atoms with Crippen molar-refractivity contribution >= 4 is 28.6 Å². The van der Waals surface area contributed by atoms with Crippen molar-refractivity contribution in [3.05, 3.63) is 56.3 Å². The predicted octanol–water partition coefficient (Wildman–Crippen LogP) is 2.88. The van der Waals surface area contributed by atoms with Crippen molar-refractivity contribution in [1.29, 1.82) is 0 Å². The molecule has 2 rings (SSSR count). The molecule has 120 valence electrons. The summed E-state index contributed by atoms with van der Waals surface area (Å²) < 4.78 is 5.22. The van der Waals surface area contributed by atoms with Gasteiger partial charge in [0.25, 0.3) is 5.91 Å². The molecular weight excluding hydrogens is 318 g/mol. The zero-order valence-electron chi connectivity index (χ0n) is 12.6. The Kier molecular flexibility index (Phi) is 5.42. The van der Waals surface area contributed by atoms with Crippen molar-refractivity contribution in [2.45, 2.75) is 13.8 Å². The highest BCUT2D eigenvalue weighted by molar-refractivity contribution is 7.12. The Bertz CT molecular complexity index is 741. The summed E-state index contributed by atoms with van der Waals surface area (Å²) in [4.78, 5) is 23.1. The molecule has 0 atom stereocenters. The molecule has 0 saturated carbocycles. The number of nitrogens with zero attached hydrogens (tertiary/aromatic N) is 2. The average Bonchev–Trinajstić information content (AvgIpc) is 3.05. The lowest BCUT2D eigenvalue weighted by Crippen LogP contribution is -2.25. The maximum Gasteiger partial charge on any atom is 0.311 e. The number of nitro benzene ring substituents is 1. The average molecular weight is 333 g/mol. The summed E-state index contributed by atoms with van der Waals surface area (Å²) in [5.74, 6) is -0.439. The lowest BCUT2D eigenvalue weighted by atomic mass is 10.2. The van der Waals surface area contributed by atoms with Crippen LogP contribution >= 0.6 is 11.3 Å². The summed E-state index contributed by atoms with van der Waals surface area (Å²) in [5.41, 5.74) is 3.61. The number of benzene rings is 1. The van der Waals surface area contributed by atoms with E-state index in [-0.39, 0.29) is 18.0 Å². The molecule has 0 aliphatic heterocycles. The van der Waals surface area contributed by atoms with Gasteiger partial charge in [-0.05, 0) is 36.9 Å². The minimum atomic E-state index is -0.542. The molecule has 1 aromatic carbocycles. The fourth-order valence-electron chi connectivity index (χ4n) is 1.75. The van der Waals surface area contributed by atoms with Crippen LogP contribution in [0.4, 0.5) is 5.69 Å². The maximum atomic E-state index is 11.7. The number of aryl methyl sites for hydroxylation is 1. The van der Waals surface area contributed by atoms with Gasteiger partial charge >= 0.3 is 5.69 Å². The molecule has 1 aromatic heterocycles. The van der Waals surface area contributed by atoms with Gasteiger partial charge in [0.15, 0.2) is 12.4 Å². The standard InChI is InChI=1S/C15H15N3O4S/c1-10-5-6-13(12(8-10)18(20)21)22-9-15(19)17-16-11(2)14-4-3-7-23-14/h3-8H,9H2,1-2H3,(H,17,19)/b16-11+. The number of hydrogen-bond acceptors (Lipinski definition) is 6. The highest BCUT2D eigenvalue weighted by Crippen LogP contribution is 2.27. The number of carbonyl (C=O) groups is 1. The summed E-state index contributed by atoms with van der Waals surface area (Å²) in [6, 6.07) is 8.33. The number of hydrogen-bond donors (Lipinski definition) is 1. The minimum Gasteiger partial charge on any atom is -0.477 e. The van der Waals surface area contributed by atoms with Crippen molar-refractivity contribution in [2.24, 2.45) is 5.10 Å². The summed E-state index contributed by atoms with van der Waals surface area (Å²) >= 11 is 1.51. The summed E-state index contributed by atoms with van der Waals surface area (Å²) in [6.45, 7) is 3.16. The van der Waals surface area contributed by atoms with E-state index in [2.05, 4.69) is 10.5 Å². The number of ether oxygens (including phenoxy) is 1. The Hall–Kier alpha value is -2.74. The van der Waals surface area contributed by atoms with E-state index < -0.39 is 10.8 Å². The van der Waals surface area contributed by atoms with Crippen LogP contribution in [0.25, 0.3) is 0 Å². The Morgan fingerprint density at radius 2 is 2.22 bits per heavy atom. The molecule has 1 N–H and O–H groups in total. The van der Waals surface area contributed by atoms with Crippen LogP contribution in [0.2, 0.25) is 0 Å². The van der Waals surface area contributed by atoms with Crippen molar-refractivity contribution in [2.75, 3.05) is 6.61 Å². The third kappa shape index (κ3) is 4.62. The number of thiophene rings is 1. The second-order valence-corrected chi connectivity index (χ2v) is 5.67.